The summed E-state index contributed by atoms with van der Waals surface area (Å²) in [5, 5.41) is 5.09. The summed E-state index contributed by atoms with van der Waals surface area (Å²) in [6, 6.07) is 10.5. The highest BCUT2D eigenvalue weighted by Gasteiger charge is 2.32. The van der Waals surface area contributed by atoms with Crippen molar-refractivity contribution in [3.05, 3.63) is 59.1 Å². The molecule has 0 saturated heterocycles. The van der Waals surface area contributed by atoms with Gasteiger partial charge < -0.3 is 4.74 Å². The van der Waals surface area contributed by atoms with E-state index in [2.05, 4.69) is 15.3 Å². The topological polar surface area (TPSA) is 81.2 Å². The van der Waals surface area contributed by atoms with Gasteiger partial charge in [0.25, 0.3) is 5.91 Å². The van der Waals surface area contributed by atoms with Gasteiger partial charge in [-0.2, -0.15) is 0 Å². The molecule has 0 aliphatic carbocycles. The second kappa shape index (κ2) is 6.59. The fourth-order valence-corrected chi connectivity index (χ4v) is 3.63. The van der Waals surface area contributed by atoms with Gasteiger partial charge in [0.1, 0.15) is 17.0 Å². The number of nitrogens with zero attached hydrogens (tertiary/aromatic N) is 2. The van der Waals surface area contributed by atoms with Crippen molar-refractivity contribution in [3.8, 4) is 17.1 Å². The maximum atomic E-state index is 12.6. The Morgan fingerprint density at radius 1 is 1.22 bits per heavy atom. The zero-order valence-electron chi connectivity index (χ0n) is 14.9. The lowest BCUT2D eigenvalue weighted by molar-refractivity contribution is 0.0620. The standard InChI is InChI=1S/C20H17N3O3S/c1-20(2)10-16(24)13-9-12(6-7-17(13)26-20)18(25)23-19-22-15(11-27-19)14-5-3-4-8-21-14/h3-9,11H,10H2,1-2H3,(H,22,23,25). The fraction of sp³-hybridized carbons (Fsp3) is 0.200. The molecule has 0 saturated carbocycles. The van der Waals surface area contributed by atoms with Gasteiger partial charge in [0, 0.05) is 17.1 Å². The second-order valence-electron chi connectivity index (χ2n) is 6.88. The zero-order valence-corrected chi connectivity index (χ0v) is 15.7. The van der Waals surface area contributed by atoms with Crippen molar-refractivity contribution in [2.75, 3.05) is 5.32 Å². The maximum Gasteiger partial charge on any atom is 0.257 e. The first kappa shape index (κ1) is 17.4. The van der Waals surface area contributed by atoms with E-state index in [1.807, 2.05) is 37.4 Å². The highest BCUT2D eigenvalue weighted by atomic mass is 32.1. The van der Waals surface area contributed by atoms with Gasteiger partial charge in [-0.3, -0.25) is 19.9 Å². The molecular formula is C20H17N3O3S. The molecule has 1 N–H and O–H groups in total. The summed E-state index contributed by atoms with van der Waals surface area (Å²) in [4.78, 5) is 33.6. The molecule has 136 valence electrons. The van der Waals surface area contributed by atoms with E-state index in [1.165, 1.54) is 11.3 Å². The van der Waals surface area contributed by atoms with Gasteiger partial charge in [0.2, 0.25) is 0 Å². The largest absolute Gasteiger partial charge is 0.487 e. The summed E-state index contributed by atoms with van der Waals surface area (Å²) >= 11 is 1.32. The molecule has 7 heteroatoms. The lowest BCUT2D eigenvalue weighted by Gasteiger charge is -2.31. The number of thiazole rings is 1. The lowest BCUT2D eigenvalue weighted by atomic mass is 9.92. The van der Waals surface area contributed by atoms with E-state index in [0.29, 0.717) is 27.7 Å². The van der Waals surface area contributed by atoms with Crippen LogP contribution in [0.25, 0.3) is 11.4 Å². The van der Waals surface area contributed by atoms with E-state index >= 15 is 0 Å². The third kappa shape index (κ3) is 3.59. The number of anilines is 1. The molecule has 6 nitrogen and oxygen atoms in total. The van der Waals surface area contributed by atoms with Crippen molar-refractivity contribution in [2.24, 2.45) is 0 Å². The van der Waals surface area contributed by atoms with Crippen LogP contribution in [0, 0.1) is 0 Å². The number of amides is 1. The number of fused-ring (bicyclic) bond motifs is 1. The smallest absolute Gasteiger partial charge is 0.257 e. The summed E-state index contributed by atoms with van der Waals surface area (Å²) in [5.41, 5.74) is 1.74. The van der Waals surface area contributed by atoms with Crippen molar-refractivity contribution in [1.82, 2.24) is 9.97 Å². The SMILES string of the molecule is CC1(C)CC(=O)c2cc(C(=O)Nc3nc(-c4ccccn4)cs3)ccc2O1. The molecule has 3 aromatic rings. The van der Waals surface area contributed by atoms with Crippen molar-refractivity contribution in [1.29, 1.82) is 0 Å². The van der Waals surface area contributed by atoms with Gasteiger partial charge in [0.05, 0.1) is 17.7 Å². The van der Waals surface area contributed by atoms with Gasteiger partial charge >= 0.3 is 0 Å². The van der Waals surface area contributed by atoms with Crippen LogP contribution in [0.4, 0.5) is 5.13 Å². The fourth-order valence-electron chi connectivity index (χ4n) is 2.93. The number of hydrogen-bond acceptors (Lipinski definition) is 6. The van der Waals surface area contributed by atoms with Gasteiger partial charge in [-0.1, -0.05) is 6.07 Å². The first-order valence-electron chi connectivity index (χ1n) is 8.46. The van der Waals surface area contributed by atoms with Crippen LogP contribution in [0.1, 0.15) is 41.0 Å². The minimum absolute atomic E-state index is 0.0254. The zero-order chi connectivity index (χ0) is 19.0. The van der Waals surface area contributed by atoms with Crippen LogP contribution in [0.3, 0.4) is 0 Å². The van der Waals surface area contributed by atoms with Gasteiger partial charge in [-0.05, 0) is 44.2 Å². The Morgan fingerprint density at radius 3 is 2.85 bits per heavy atom. The quantitative estimate of drug-likeness (QED) is 0.737. The van der Waals surface area contributed by atoms with Crippen LogP contribution >= 0.6 is 11.3 Å². The van der Waals surface area contributed by atoms with Crippen molar-refractivity contribution < 1.29 is 14.3 Å². The van der Waals surface area contributed by atoms with Crippen LogP contribution in [-0.2, 0) is 0 Å². The Kier molecular flexibility index (Phi) is 4.24. The molecule has 27 heavy (non-hydrogen) atoms. The molecule has 0 unspecified atom stereocenters. The van der Waals surface area contributed by atoms with Crippen LogP contribution < -0.4 is 10.1 Å². The molecule has 2 aromatic heterocycles. The van der Waals surface area contributed by atoms with Gasteiger partial charge in [-0.15, -0.1) is 11.3 Å². The van der Waals surface area contributed by atoms with E-state index in [0.717, 1.165) is 5.69 Å². The highest BCUT2D eigenvalue weighted by Crippen LogP contribution is 2.33. The highest BCUT2D eigenvalue weighted by molar-refractivity contribution is 7.14. The number of ketones is 1. The number of aromatic nitrogens is 2. The Bertz CT molecular complexity index is 1030. The number of nitrogens with one attached hydrogen (secondary N) is 1. The van der Waals surface area contributed by atoms with E-state index in [4.69, 9.17) is 4.74 Å². The third-order valence-electron chi connectivity index (χ3n) is 4.17. The Hall–Kier alpha value is -3.06. The predicted molar refractivity (Wildman–Crippen MR) is 103 cm³/mol. The van der Waals surface area contributed by atoms with Crippen molar-refractivity contribution >= 4 is 28.2 Å². The molecule has 3 heterocycles. The minimum Gasteiger partial charge on any atom is -0.487 e. The monoisotopic (exact) mass is 379 g/mol. The molecule has 0 atom stereocenters. The predicted octanol–water partition coefficient (Wildman–Crippen LogP) is 4.20. The molecule has 0 bridgehead atoms. The van der Waals surface area contributed by atoms with Crippen LogP contribution in [-0.4, -0.2) is 27.3 Å². The van der Waals surface area contributed by atoms with Gasteiger partial charge in [0.15, 0.2) is 10.9 Å². The Morgan fingerprint density at radius 2 is 2.07 bits per heavy atom. The van der Waals surface area contributed by atoms with E-state index in [1.54, 1.807) is 24.4 Å². The summed E-state index contributed by atoms with van der Waals surface area (Å²) < 4.78 is 5.83. The van der Waals surface area contributed by atoms with E-state index in [-0.39, 0.29) is 18.1 Å². The molecule has 1 amide bonds. The normalized spacial score (nSPS) is 15.0. The Labute approximate surface area is 160 Å². The average Bonchev–Trinajstić information content (AvgIpc) is 3.10. The molecule has 1 aliphatic rings. The lowest BCUT2D eigenvalue weighted by Crippen LogP contribution is -2.36. The number of carbonyl (C=O) groups is 2. The first-order valence-corrected chi connectivity index (χ1v) is 9.34. The van der Waals surface area contributed by atoms with Crippen LogP contribution in [0.15, 0.2) is 48.0 Å². The summed E-state index contributed by atoms with van der Waals surface area (Å²) in [6.45, 7) is 3.74. The number of Topliss-reactive ketones (excluding diaryl/α,β-unsaturated/α-hetero) is 1. The molecule has 0 radical (unpaired) electrons. The maximum absolute atomic E-state index is 12.6. The number of pyridine rings is 1. The molecule has 1 aliphatic heterocycles. The summed E-state index contributed by atoms with van der Waals surface area (Å²) in [5.74, 6) is 0.166. The molecule has 0 spiro atoms. The average molecular weight is 379 g/mol. The molecule has 4 rings (SSSR count). The third-order valence-corrected chi connectivity index (χ3v) is 4.92. The second-order valence-corrected chi connectivity index (χ2v) is 7.74. The van der Waals surface area contributed by atoms with Crippen molar-refractivity contribution in [3.63, 3.8) is 0 Å². The molecule has 1 aromatic carbocycles. The summed E-state index contributed by atoms with van der Waals surface area (Å²) in [7, 11) is 0. The number of carbonyl (C=O) groups excluding carboxylic acids is 2. The van der Waals surface area contributed by atoms with Crippen molar-refractivity contribution in [2.45, 2.75) is 25.9 Å². The minimum atomic E-state index is -0.531. The van der Waals surface area contributed by atoms with E-state index < -0.39 is 5.60 Å². The number of ether oxygens (including phenoxy) is 1. The molecular weight excluding hydrogens is 362 g/mol. The van der Waals surface area contributed by atoms with Crippen LogP contribution in [0.5, 0.6) is 5.75 Å². The van der Waals surface area contributed by atoms with Crippen LogP contribution in [0.2, 0.25) is 0 Å². The number of rotatable bonds is 3. The number of hydrogen-bond donors (Lipinski definition) is 1. The first-order chi connectivity index (χ1) is 12.9. The summed E-state index contributed by atoms with van der Waals surface area (Å²) in [6.07, 6.45) is 1.98. The number of benzene rings is 1. The van der Waals surface area contributed by atoms with E-state index in [9.17, 15) is 9.59 Å². The van der Waals surface area contributed by atoms with Gasteiger partial charge in [-0.25, -0.2) is 4.98 Å². The Balaban J connectivity index is 1.54. The molecule has 0 fully saturated rings.